The lowest BCUT2D eigenvalue weighted by Gasteiger charge is -2.13. The number of ketones is 1. The predicted molar refractivity (Wildman–Crippen MR) is 84.0 cm³/mol. The van der Waals surface area contributed by atoms with Crippen molar-refractivity contribution >= 4 is 11.4 Å². The van der Waals surface area contributed by atoms with Gasteiger partial charge in [-0.15, -0.1) is 0 Å². The number of hydrogen-bond acceptors (Lipinski definition) is 3. The van der Waals surface area contributed by atoms with Crippen LogP contribution in [0.25, 0.3) is 5.57 Å². The van der Waals surface area contributed by atoms with E-state index in [9.17, 15) is 9.18 Å². The summed E-state index contributed by atoms with van der Waals surface area (Å²) in [5, 5.41) is 0. The monoisotopic (exact) mass is 300 g/mol. The van der Waals surface area contributed by atoms with Gasteiger partial charge in [0.2, 0.25) is 0 Å². The number of hydrogen-bond donors (Lipinski definition) is 0. The van der Waals surface area contributed by atoms with Crippen molar-refractivity contribution in [1.29, 1.82) is 0 Å². The second-order valence-electron chi connectivity index (χ2n) is 4.84. The maximum Gasteiger partial charge on any atom is 0.193 e. The van der Waals surface area contributed by atoms with E-state index in [1.807, 2.05) is 6.92 Å². The molecule has 0 aliphatic rings. The summed E-state index contributed by atoms with van der Waals surface area (Å²) in [6, 6.07) is 9.04. The van der Waals surface area contributed by atoms with Gasteiger partial charge in [-0.3, -0.25) is 4.79 Å². The molecule has 0 amide bonds. The third-order valence-electron chi connectivity index (χ3n) is 3.44. The summed E-state index contributed by atoms with van der Waals surface area (Å²) in [6.07, 6.45) is 0. The highest BCUT2D eigenvalue weighted by Gasteiger charge is 2.18. The van der Waals surface area contributed by atoms with E-state index in [0.29, 0.717) is 28.2 Å². The Morgan fingerprint density at radius 2 is 1.59 bits per heavy atom. The van der Waals surface area contributed by atoms with Gasteiger partial charge in [0.15, 0.2) is 17.3 Å². The van der Waals surface area contributed by atoms with Gasteiger partial charge in [0.1, 0.15) is 5.82 Å². The highest BCUT2D eigenvalue weighted by molar-refractivity contribution is 6.28. The molecule has 0 aliphatic carbocycles. The van der Waals surface area contributed by atoms with Crippen LogP contribution in [-0.2, 0) is 0 Å². The van der Waals surface area contributed by atoms with Crippen LogP contribution in [0.5, 0.6) is 11.5 Å². The molecule has 2 aromatic rings. The number of benzene rings is 2. The summed E-state index contributed by atoms with van der Waals surface area (Å²) in [4.78, 5) is 12.6. The molecule has 0 heterocycles. The van der Waals surface area contributed by atoms with Crippen LogP contribution in [0.4, 0.5) is 4.39 Å². The average Bonchev–Trinajstić information content (AvgIpc) is 2.53. The maximum absolute atomic E-state index is 13.0. The molecule has 0 saturated carbocycles. The normalized spacial score (nSPS) is 10.2. The van der Waals surface area contributed by atoms with E-state index in [0.717, 1.165) is 5.56 Å². The Kier molecular flexibility index (Phi) is 4.61. The smallest absolute Gasteiger partial charge is 0.193 e. The first-order valence-corrected chi connectivity index (χ1v) is 6.70. The summed E-state index contributed by atoms with van der Waals surface area (Å²) >= 11 is 0. The minimum atomic E-state index is -0.355. The van der Waals surface area contributed by atoms with Crippen LogP contribution in [0.3, 0.4) is 0 Å². The summed E-state index contributed by atoms with van der Waals surface area (Å²) in [5.74, 6) is 0.448. The van der Waals surface area contributed by atoms with Gasteiger partial charge in [0.05, 0.1) is 14.2 Å². The Hall–Kier alpha value is -2.62. The zero-order valence-electron chi connectivity index (χ0n) is 12.8. The van der Waals surface area contributed by atoms with Crippen molar-refractivity contribution in [2.45, 2.75) is 6.92 Å². The van der Waals surface area contributed by atoms with E-state index in [1.165, 1.54) is 38.5 Å². The molecule has 0 atom stereocenters. The summed E-state index contributed by atoms with van der Waals surface area (Å²) < 4.78 is 23.4. The zero-order chi connectivity index (χ0) is 16.3. The summed E-state index contributed by atoms with van der Waals surface area (Å²) in [6.45, 7) is 5.64. The second-order valence-corrected chi connectivity index (χ2v) is 4.84. The third-order valence-corrected chi connectivity index (χ3v) is 3.44. The van der Waals surface area contributed by atoms with Crippen LogP contribution < -0.4 is 9.47 Å². The minimum Gasteiger partial charge on any atom is -0.493 e. The van der Waals surface area contributed by atoms with Crippen molar-refractivity contribution in [1.82, 2.24) is 0 Å². The van der Waals surface area contributed by atoms with Crippen molar-refractivity contribution in [2.75, 3.05) is 14.2 Å². The van der Waals surface area contributed by atoms with Gasteiger partial charge in [0, 0.05) is 11.1 Å². The lowest BCUT2D eigenvalue weighted by Crippen LogP contribution is -2.05. The number of allylic oxidation sites excluding steroid dienone is 1. The van der Waals surface area contributed by atoms with E-state index >= 15 is 0 Å². The lowest BCUT2D eigenvalue weighted by molar-refractivity contribution is 0.105. The van der Waals surface area contributed by atoms with Gasteiger partial charge in [-0.1, -0.05) is 18.7 Å². The fourth-order valence-electron chi connectivity index (χ4n) is 2.17. The number of rotatable bonds is 5. The Labute approximate surface area is 129 Å². The molecule has 0 saturated heterocycles. The van der Waals surface area contributed by atoms with Crippen molar-refractivity contribution in [3.05, 3.63) is 65.5 Å². The standard InChI is InChI=1S/C18H17FO3/c1-11-9-16(21-3)17(22-4)10-15(11)18(20)12(2)13-5-7-14(19)8-6-13/h5-10H,2H2,1,3-4H3. The number of halogens is 1. The molecule has 3 nitrogen and oxygen atoms in total. The molecule has 0 aliphatic heterocycles. The third kappa shape index (κ3) is 3.01. The van der Waals surface area contributed by atoms with E-state index in [2.05, 4.69) is 6.58 Å². The topological polar surface area (TPSA) is 35.5 Å². The first-order chi connectivity index (χ1) is 10.5. The SMILES string of the molecule is C=C(C(=O)c1cc(OC)c(OC)cc1C)c1ccc(F)cc1. The second kappa shape index (κ2) is 6.43. The van der Waals surface area contributed by atoms with Crippen molar-refractivity contribution in [3.63, 3.8) is 0 Å². The lowest BCUT2D eigenvalue weighted by atomic mass is 9.95. The van der Waals surface area contributed by atoms with Crippen LogP contribution >= 0.6 is 0 Å². The molecule has 0 aromatic heterocycles. The van der Waals surface area contributed by atoms with Gasteiger partial charge in [-0.2, -0.15) is 0 Å². The average molecular weight is 300 g/mol. The Morgan fingerprint density at radius 1 is 1.05 bits per heavy atom. The molecule has 0 unspecified atom stereocenters. The van der Waals surface area contributed by atoms with Gasteiger partial charge in [0.25, 0.3) is 0 Å². The van der Waals surface area contributed by atoms with Crippen molar-refractivity contribution < 1.29 is 18.7 Å². The highest BCUT2D eigenvalue weighted by atomic mass is 19.1. The first kappa shape index (κ1) is 15.8. The van der Waals surface area contributed by atoms with E-state index < -0.39 is 0 Å². The fraction of sp³-hybridized carbons (Fsp3) is 0.167. The Balaban J connectivity index is 2.40. The Morgan fingerprint density at radius 3 is 2.14 bits per heavy atom. The highest BCUT2D eigenvalue weighted by Crippen LogP contribution is 2.32. The quantitative estimate of drug-likeness (QED) is 0.617. The molecule has 0 spiro atoms. The number of methoxy groups -OCH3 is 2. The summed E-state index contributed by atoms with van der Waals surface area (Å²) in [7, 11) is 3.05. The molecule has 0 bridgehead atoms. The van der Waals surface area contributed by atoms with E-state index in [1.54, 1.807) is 12.1 Å². The molecular formula is C18H17FO3. The van der Waals surface area contributed by atoms with Crippen LogP contribution in [0.1, 0.15) is 21.5 Å². The van der Waals surface area contributed by atoms with E-state index in [4.69, 9.17) is 9.47 Å². The predicted octanol–water partition coefficient (Wildman–Crippen LogP) is 4.05. The van der Waals surface area contributed by atoms with Crippen LogP contribution in [0.2, 0.25) is 0 Å². The van der Waals surface area contributed by atoms with Gasteiger partial charge in [-0.05, 0) is 42.3 Å². The molecule has 2 aromatic carbocycles. The van der Waals surface area contributed by atoms with Crippen LogP contribution in [0.15, 0.2) is 43.0 Å². The van der Waals surface area contributed by atoms with Crippen LogP contribution in [-0.4, -0.2) is 20.0 Å². The largest absolute Gasteiger partial charge is 0.493 e. The number of Topliss-reactive ketones (excluding diaryl/α,β-unsaturated/α-hetero) is 1. The Bertz CT molecular complexity index is 718. The number of ether oxygens (including phenoxy) is 2. The van der Waals surface area contributed by atoms with Crippen molar-refractivity contribution in [2.24, 2.45) is 0 Å². The molecule has 2 rings (SSSR count). The van der Waals surface area contributed by atoms with E-state index in [-0.39, 0.29) is 11.6 Å². The molecule has 0 N–H and O–H groups in total. The van der Waals surface area contributed by atoms with Crippen LogP contribution in [0, 0.1) is 12.7 Å². The molecule has 0 fully saturated rings. The molecule has 4 heteroatoms. The first-order valence-electron chi connectivity index (χ1n) is 6.70. The number of carbonyl (C=O) groups excluding carboxylic acids is 1. The maximum atomic E-state index is 13.0. The zero-order valence-corrected chi connectivity index (χ0v) is 12.8. The van der Waals surface area contributed by atoms with Gasteiger partial charge >= 0.3 is 0 Å². The van der Waals surface area contributed by atoms with Gasteiger partial charge < -0.3 is 9.47 Å². The van der Waals surface area contributed by atoms with Crippen molar-refractivity contribution in [3.8, 4) is 11.5 Å². The molecular weight excluding hydrogens is 283 g/mol. The number of carbonyl (C=O) groups is 1. The molecule has 0 radical (unpaired) electrons. The minimum absolute atomic E-state index is 0.231. The molecule has 22 heavy (non-hydrogen) atoms. The summed E-state index contributed by atoms with van der Waals surface area (Å²) in [5.41, 5.74) is 2.12. The fourth-order valence-corrected chi connectivity index (χ4v) is 2.17. The van der Waals surface area contributed by atoms with Gasteiger partial charge in [-0.25, -0.2) is 4.39 Å². The number of aryl methyl sites for hydroxylation is 1. The molecule has 114 valence electrons.